The average molecular weight is 258 g/mol. The van der Waals surface area contributed by atoms with Crippen LogP contribution in [0.4, 0.5) is 4.79 Å². The molecule has 0 bridgehead atoms. The van der Waals surface area contributed by atoms with E-state index in [9.17, 15) is 9.90 Å². The molecule has 0 spiro atoms. The van der Waals surface area contributed by atoms with E-state index in [0.29, 0.717) is 19.1 Å². The fourth-order valence-corrected chi connectivity index (χ4v) is 2.07. The van der Waals surface area contributed by atoms with Crippen LogP contribution in [-0.2, 0) is 4.74 Å². The number of nitrogens with zero attached hydrogens (tertiary/aromatic N) is 2. The first-order chi connectivity index (χ1) is 8.24. The summed E-state index contributed by atoms with van der Waals surface area (Å²) in [5.41, 5.74) is -0.494. The Balaban J connectivity index is 2.64. The van der Waals surface area contributed by atoms with E-state index in [1.807, 2.05) is 20.8 Å². The molecular formula is C13H26N2O3. The number of aliphatic hydroxyl groups is 1. The van der Waals surface area contributed by atoms with Gasteiger partial charge in [0.1, 0.15) is 5.60 Å². The number of carbonyl (C=O) groups excluding carboxylic acids is 1. The highest BCUT2D eigenvalue weighted by Gasteiger charge is 2.33. The van der Waals surface area contributed by atoms with Crippen LogP contribution in [0.5, 0.6) is 0 Å². The molecule has 1 N–H and O–H groups in total. The molecule has 1 heterocycles. The lowest BCUT2D eigenvalue weighted by Crippen LogP contribution is -2.58. The number of amides is 1. The van der Waals surface area contributed by atoms with Gasteiger partial charge in [0.05, 0.1) is 12.6 Å². The van der Waals surface area contributed by atoms with Gasteiger partial charge in [-0.2, -0.15) is 0 Å². The minimum Gasteiger partial charge on any atom is -0.444 e. The fourth-order valence-electron chi connectivity index (χ4n) is 2.07. The van der Waals surface area contributed by atoms with Crippen molar-refractivity contribution in [3.8, 4) is 0 Å². The molecule has 1 amide bonds. The summed E-state index contributed by atoms with van der Waals surface area (Å²) in [7, 11) is 0. The van der Waals surface area contributed by atoms with Gasteiger partial charge in [0.2, 0.25) is 0 Å². The van der Waals surface area contributed by atoms with Gasteiger partial charge in [-0.05, 0) is 34.6 Å². The Hall–Kier alpha value is -0.810. The Morgan fingerprint density at radius 1 is 1.39 bits per heavy atom. The van der Waals surface area contributed by atoms with E-state index in [4.69, 9.17) is 4.74 Å². The van der Waals surface area contributed by atoms with Crippen molar-refractivity contribution in [1.82, 2.24) is 9.80 Å². The topological polar surface area (TPSA) is 53.0 Å². The Morgan fingerprint density at radius 3 is 2.44 bits per heavy atom. The lowest BCUT2D eigenvalue weighted by Gasteiger charge is -2.42. The number of aliphatic hydroxyl groups excluding tert-OH is 1. The van der Waals surface area contributed by atoms with Crippen molar-refractivity contribution < 1.29 is 14.6 Å². The highest BCUT2D eigenvalue weighted by atomic mass is 16.6. The number of ether oxygens (including phenoxy) is 1. The molecule has 5 nitrogen and oxygen atoms in total. The van der Waals surface area contributed by atoms with Gasteiger partial charge in [-0.15, -0.1) is 0 Å². The monoisotopic (exact) mass is 258 g/mol. The largest absolute Gasteiger partial charge is 0.444 e. The van der Waals surface area contributed by atoms with Crippen molar-refractivity contribution in [2.24, 2.45) is 0 Å². The first-order valence-corrected chi connectivity index (χ1v) is 6.59. The van der Waals surface area contributed by atoms with E-state index in [1.54, 1.807) is 4.90 Å². The highest BCUT2D eigenvalue weighted by molar-refractivity contribution is 5.68. The molecule has 0 saturated carbocycles. The third kappa shape index (κ3) is 4.14. The molecule has 1 unspecified atom stereocenters. The maximum absolute atomic E-state index is 12.0. The van der Waals surface area contributed by atoms with Crippen LogP contribution in [0.2, 0.25) is 0 Å². The number of carbonyl (C=O) groups is 1. The predicted octanol–water partition coefficient (Wildman–Crippen LogP) is 1.31. The molecule has 1 aliphatic heterocycles. The molecule has 18 heavy (non-hydrogen) atoms. The molecule has 1 aliphatic rings. The van der Waals surface area contributed by atoms with Gasteiger partial charge >= 0.3 is 6.09 Å². The first-order valence-electron chi connectivity index (χ1n) is 6.59. The molecular weight excluding hydrogens is 232 g/mol. The highest BCUT2D eigenvalue weighted by Crippen LogP contribution is 2.16. The van der Waals surface area contributed by atoms with Gasteiger partial charge in [-0.25, -0.2) is 4.79 Å². The zero-order valence-corrected chi connectivity index (χ0v) is 12.1. The standard InChI is InChI=1S/C13H26N2O3/c1-10(2)14-6-7-15(11(8-14)9-16)12(17)18-13(3,4)5/h10-11,16H,6-9H2,1-5H3. The van der Waals surface area contributed by atoms with Crippen molar-refractivity contribution in [3.63, 3.8) is 0 Å². The second-order valence-electron chi connectivity index (χ2n) is 6.10. The van der Waals surface area contributed by atoms with E-state index < -0.39 is 5.60 Å². The molecule has 106 valence electrons. The second-order valence-corrected chi connectivity index (χ2v) is 6.10. The van der Waals surface area contributed by atoms with Gasteiger partial charge in [0.15, 0.2) is 0 Å². The summed E-state index contributed by atoms with van der Waals surface area (Å²) in [6.07, 6.45) is -0.329. The average Bonchev–Trinajstić information content (AvgIpc) is 2.25. The molecule has 0 aliphatic carbocycles. The summed E-state index contributed by atoms with van der Waals surface area (Å²) in [4.78, 5) is 15.9. The fraction of sp³-hybridized carbons (Fsp3) is 0.923. The maximum atomic E-state index is 12.0. The van der Waals surface area contributed by atoms with Gasteiger partial charge in [-0.3, -0.25) is 4.90 Å². The van der Waals surface area contributed by atoms with E-state index in [1.165, 1.54) is 0 Å². The number of hydrogen-bond acceptors (Lipinski definition) is 4. The van der Waals surface area contributed by atoms with E-state index in [0.717, 1.165) is 6.54 Å². The molecule has 0 aromatic carbocycles. The lowest BCUT2D eigenvalue weighted by molar-refractivity contribution is -0.0160. The molecule has 0 radical (unpaired) electrons. The van der Waals surface area contributed by atoms with Crippen LogP contribution < -0.4 is 0 Å². The summed E-state index contributed by atoms with van der Waals surface area (Å²) in [5, 5.41) is 9.43. The van der Waals surface area contributed by atoms with Crippen LogP contribution in [0.25, 0.3) is 0 Å². The minimum absolute atomic E-state index is 0.0253. The van der Waals surface area contributed by atoms with Crippen LogP contribution >= 0.6 is 0 Å². The molecule has 0 aromatic heterocycles. The third-order valence-electron chi connectivity index (χ3n) is 3.08. The Labute approximate surface area is 110 Å². The Bertz CT molecular complexity index is 286. The second kappa shape index (κ2) is 5.89. The zero-order valence-electron chi connectivity index (χ0n) is 12.1. The summed E-state index contributed by atoms with van der Waals surface area (Å²) >= 11 is 0. The SMILES string of the molecule is CC(C)N1CCN(C(=O)OC(C)(C)C)C(CO)C1. The van der Waals surface area contributed by atoms with Crippen LogP contribution in [0.3, 0.4) is 0 Å². The Morgan fingerprint density at radius 2 is 2.00 bits per heavy atom. The maximum Gasteiger partial charge on any atom is 0.410 e. The van der Waals surface area contributed by atoms with Crippen molar-refractivity contribution >= 4 is 6.09 Å². The number of rotatable bonds is 2. The van der Waals surface area contributed by atoms with Gasteiger partial charge in [0, 0.05) is 25.7 Å². The first kappa shape index (κ1) is 15.2. The van der Waals surface area contributed by atoms with Gasteiger partial charge in [0.25, 0.3) is 0 Å². The summed E-state index contributed by atoms with van der Waals surface area (Å²) in [6.45, 7) is 11.9. The molecule has 5 heteroatoms. The smallest absolute Gasteiger partial charge is 0.410 e. The van der Waals surface area contributed by atoms with Crippen LogP contribution in [-0.4, -0.2) is 64.9 Å². The Kier molecular flexibility index (Phi) is 4.99. The minimum atomic E-state index is -0.494. The van der Waals surface area contributed by atoms with Gasteiger partial charge < -0.3 is 14.7 Å². The van der Waals surface area contributed by atoms with E-state index in [2.05, 4.69) is 18.7 Å². The molecule has 1 rings (SSSR count). The lowest BCUT2D eigenvalue weighted by atomic mass is 10.1. The third-order valence-corrected chi connectivity index (χ3v) is 3.08. The van der Waals surface area contributed by atoms with Crippen LogP contribution in [0.1, 0.15) is 34.6 Å². The summed E-state index contributed by atoms with van der Waals surface area (Å²) < 4.78 is 5.36. The number of hydrogen-bond donors (Lipinski definition) is 1. The quantitative estimate of drug-likeness (QED) is 0.811. The zero-order chi connectivity index (χ0) is 13.9. The van der Waals surface area contributed by atoms with Crippen LogP contribution in [0, 0.1) is 0 Å². The summed E-state index contributed by atoms with van der Waals surface area (Å²) in [6, 6.07) is 0.260. The van der Waals surface area contributed by atoms with Crippen molar-refractivity contribution in [2.45, 2.75) is 52.3 Å². The van der Waals surface area contributed by atoms with Crippen molar-refractivity contribution in [1.29, 1.82) is 0 Å². The van der Waals surface area contributed by atoms with Crippen LogP contribution in [0.15, 0.2) is 0 Å². The normalized spacial score (nSPS) is 22.4. The molecule has 1 atom stereocenters. The molecule has 1 fully saturated rings. The molecule has 1 saturated heterocycles. The van der Waals surface area contributed by atoms with Crippen molar-refractivity contribution in [2.75, 3.05) is 26.2 Å². The van der Waals surface area contributed by atoms with E-state index in [-0.39, 0.29) is 18.7 Å². The molecule has 0 aromatic rings. The van der Waals surface area contributed by atoms with Crippen molar-refractivity contribution in [3.05, 3.63) is 0 Å². The number of piperazine rings is 1. The van der Waals surface area contributed by atoms with Gasteiger partial charge in [-0.1, -0.05) is 0 Å². The van der Waals surface area contributed by atoms with E-state index >= 15 is 0 Å². The predicted molar refractivity (Wildman–Crippen MR) is 70.5 cm³/mol. The summed E-state index contributed by atoms with van der Waals surface area (Å²) in [5.74, 6) is 0.